The Hall–Kier alpha value is -1.85. The van der Waals surface area contributed by atoms with Crippen LogP contribution in [0.2, 0.25) is 0 Å². The van der Waals surface area contributed by atoms with Crippen molar-refractivity contribution in [3.05, 3.63) is 11.5 Å². The Balaban J connectivity index is 1.68. The van der Waals surface area contributed by atoms with Gasteiger partial charge in [-0.25, -0.2) is 9.98 Å². The van der Waals surface area contributed by atoms with Gasteiger partial charge in [-0.1, -0.05) is 19.3 Å². The molecule has 0 aromatic carbocycles. The Bertz CT molecular complexity index is 614. The van der Waals surface area contributed by atoms with Crippen molar-refractivity contribution < 1.29 is 4.79 Å². The Kier molecular flexibility index (Phi) is 2.80. The number of imidazole rings is 1. The molecule has 1 N–H and O–H groups in total. The number of nitrogens with one attached hydrogen (secondary N) is 1. The molecule has 6 nitrogen and oxygen atoms in total. The molecule has 3 heterocycles. The highest BCUT2D eigenvalue weighted by atomic mass is 16.2. The number of aryl methyl sites for hydroxylation is 1. The first kappa shape index (κ1) is 12.9. The maximum Gasteiger partial charge on any atom is 0.280 e. The molecule has 1 aromatic heterocycles. The number of aliphatic imine (C=N–C) groups is 1. The van der Waals surface area contributed by atoms with Crippen molar-refractivity contribution in [3.63, 3.8) is 0 Å². The van der Waals surface area contributed by atoms with Crippen LogP contribution in [0.1, 0.15) is 48.4 Å². The van der Waals surface area contributed by atoms with Gasteiger partial charge in [0.2, 0.25) is 5.96 Å². The van der Waals surface area contributed by atoms with Crippen LogP contribution in [-0.2, 0) is 0 Å². The highest BCUT2D eigenvalue weighted by Crippen LogP contribution is 2.35. The molecule has 0 spiro atoms. The number of H-pyrrole nitrogens is 1. The van der Waals surface area contributed by atoms with Crippen molar-refractivity contribution in [2.75, 3.05) is 18.5 Å². The van der Waals surface area contributed by atoms with Crippen LogP contribution in [0.4, 0.5) is 5.82 Å². The SMILES string of the molecule is Cc1nc2c([nH]1)C(=O)N(C)C1=N[C@@H](C3CCCCC3)CN12. The Labute approximate surface area is 124 Å². The second kappa shape index (κ2) is 4.58. The molecule has 2 aliphatic heterocycles. The normalized spacial score (nSPS) is 25.9. The second-order valence-corrected chi connectivity index (χ2v) is 6.39. The van der Waals surface area contributed by atoms with Gasteiger partial charge in [-0.3, -0.25) is 14.6 Å². The van der Waals surface area contributed by atoms with Crippen LogP contribution in [0.25, 0.3) is 0 Å². The zero-order valence-electron chi connectivity index (χ0n) is 12.6. The van der Waals surface area contributed by atoms with Gasteiger partial charge >= 0.3 is 0 Å². The number of guanidine groups is 1. The van der Waals surface area contributed by atoms with Crippen LogP contribution in [0.3, 0.4) is 0 Å². The van der Waals surface area contributed by atoms with Crippen molar-refractivity contribution in [2.45, 2.75) is 45.1 Å². The third-order valence-electron chi connectivity index (χ3n) is 4.96. The smallest absolute Gasteiger partial charge is 0.280 e. The molecule has 1 atom stereocenters. The van der Waals surface area contributed by atoms with E-state index in [4.69, 9.17) is 4.99 Å². The fourth-order valence-electron chi connectivity index (χ4n) is 3.83. The van der Waals surface area contributed by atoms with Crippen molar-refractivity contribution in [3.8, 4) is 0 Å². The van der Waals surface area contributed by atoms with Crippen molar-refractivity contribution >= 4 is 17.7 Å². The number of carbonyl (C=O) groups is 1. The average Bonchev–Trinajstić information content (AvgIpc) is 3.09. The predicted molar refractivity (Wildman–Crippen MR) is 80.6 cm³/mol. The minimum Gasteiger partial charge on any atom is -0.336 e. The van der Waals surface area contributed by atoms with E-state index in [2.05, 4.69) is 14.9 Å². The van der Waals surface area contributed by atoms with Gasteiger partial charge < -0.3 is 4.98 Å². The molecule has 1 aliphatic carbocycles. The van der Waals surface area contributed by atoms with Gasteiger partial charge in [0.15, 0.2) is 5.82 Å². The van der Waals surface area contributed by atoms with E-state index in [-0.39, 0.29) is 5.91 Å². The third-order valence-corrected chi connectivity index (χ3v) is 4.96. The standard InChI is InChI=1S/C15H21N5O/c1-9-16-12-13(17-9)20-8-11(10-6-4-3-5-7-10)18-15(20)19(2)14(12)21/h10-11H,3-8H2,1-2H3,(H,16,17)/t11-/m1/s1. The van der Waals surface area contributed by atoms with Gasteiger partial charge in [0.1, 0.15) is 11.5 Å². The summed E-state index contributed by atoms with van der Waals surface area (Å²) < 4.78 is 0. The first-order valence-electron chi connectivity index (χ1n) is 7.85. The summed E-state index contributed by atoms with van der Waals surface area (Å²) in [7, 11) is 1.80. The Morgan fingerprint density at radius 3 is 2.76 bits per heavy atom. The minimum absolute atomic E-state index is 0.0371. The molecule has 6 heteroatoms. The summed E-state index contributed by atoms with van der Waals surface area (Å²) in [5.74, 6) is 2.93. The Morgan fingerprint density at radius 2 is 2.00 bits per heavy atom. The maximum atomic E-state index is 12.4. The molecule has 0 radical (unpaired) electrons. The maximum absolute atomic E-state index is 12.4. The largest absolute Gasteiger partial charge is 0.336 e. The summed E-state index contributed by atoms with van der Waals surface area (Å²) in [5, 5.41) is 0. The molecule has 1 aromatic rings. The molecule has 112 valence electrons. The van der Waals surface area contributed by atoms with Crippen LogP contribution < -0.4 is 4.90 Å². The molecule has 1 fully saturated rings. The molecule has 4 rings (SSSR count). The lowest BCUT2D eigenvalue weighted by atomic mass is 9.84. The van der Waals surface area contributed by atoms with Crippen LogP contribution in [0.15, 0.2) is 4.99 Å². The van der Waals surface area contributed by atoms with Gasteiger partial charge in [0.25, 0.3) is 5.91 Å². The molecular weight excluding hydrogens is 266 g/mol. The second-order valence-electron chi connectivity index (χ2n) is 6.39. The molecule has 0 unspecified atom stereocenters. The number of aromatic amines is 1. The number of fused-ring (bicyclic) bond motifs is 3. The highest BCUT2D eigenvalue weighted by Gasteiger charge is 2.42. The minimum atomic E-state index is -0.0371. The zero-order chi connectivity index (χ0) is 14.6. The number of rotatable bonds is 1. The van der Waals surface area contributed by atoms with Crippen LogP contribution in [0, 0.1) is 12.8 Å². The van der Waals surface area contributed by atoms with Crippen LogP contribution >= 0.6 is 0 Å². The molecule has 3 aliphatic rings. The summed E-state index contributed by atoms with van der Waals surface area (Å²) in [5.41, 5.74) is 0.596. The lowest BCUT2D eigenvalue weighted by molar-refractivity contribution is 0.0860. The fourth-order valence-corrected chi connectivity index (χ4v) is 3.83. The molecule has 0 saturated heterocycles. The van der Waals surface area contributed by atoms with Crippen molar-refractivity contribution in [2.24, 2.45) is 10.9 Å². The predicted octanol–water partition coefficient (Wildman–Crippen LogP) is 1.93. The number of hydrogen-bond acceptors (Lipinski definition) is 4. The van der Waals surface area contributed by atoms with Crippen LogP contribution in [0.5, 0.6) is 0 Å². The van der Waals surface area contributed by atoms with E-state index in [1.165, 1.54) is 32.1 Å². The highest BCUT2D eigenvalue weighted by molar-refractivity contribution is 6.17. The Morgan fingerprint density at radius 1 is 1.24 bits per heavy atom. The summed E-state index contributed by atoms with van der Waals surface area (Å²) >= 11 is 0. The molecular formula is C15H21N5O. The summed E-state index contributed by atoms with van der Waals surface area (Å²) in [6.45, 7) is 2.74. The van der Waals surface area contributed by atoms with Gasteiger partial charge in [-0.2, -0.15) is 0 Å². The van der Waals surface area contributed by atoms with Crippen molar-refractivity contribution in [1.29, 1.82) is 0 Å². The van der Waals surface area contributed by atoms with E-state index in [1.807, 2.05) is 6.92 Å². The molecule has 1 saturated carbocycles. The summed E-state index contributed by atoms with van der Waals surface area (Å²) in [4.78, 5) is 28.6. The van der Waals surface area contributed by atoms with Gasteiger partial charge in [-0.15, -0.1) is 0 Å². The van der Waals surface area contributed by atoms with Gasteiger partial charge in [-0.05, 0) is 25.7 Å². The zero-order valence-corrected chi connectivity index (χ0v) is 12.6. The average molecular weight is 287 g/mol. The van der Waals surface area contributed by atoms with E-state index in [9.17, 15) is 4.79 Å². The monoisotopic (exact) mass is 287 g/mol. The quantitative estimate of drug-likeness (QED) is 0.858. The molecule has 21 heavy (non-hydrogen) atoms. The number of aromatic nitrogens is 2. The summed E-state index contributed by atoms with van der Waals surface area (Å²) in [6, 6.07) is 0.304. The molecule has 0 bridgehead atoms. The van der Waals surface area contributed by atoms with E-state index in [0.29, 0.717) is 17.7 Å². The van der Waals surface area contributed by atoms with E-state index in [1.54, 1.807) is 11.9 Å². The van der Waals surface area contributed by atoms with Crippen molar-refractivity contribution in [1.82, 2.24) is 14.9 Å². The lowest BCUT2D eigenvalue weighted by Gasteiger charge is -2.30. The topological polar surface area (TPSA) is 64.6 Å². The van der Waals surface area contributed by atoms with E-state index >= 15 is 0 Å². The number of amides is 1. The number of hydrogen-bond donors (Lipinski definition) is 1. The number of carbonyl (C=O) groups excluding carboxylic acids is 1. The third kappa shape index (κ3) is 1.88. The van der Waals surface area contributed by atoms with E-state index in [0.717, 1.165) is 24.1 Å². The van der Waals surface area contributed by atoms with Crippen LogP contribution in [-0.4, -0.2) is 46.4 Å². The summed E-state index contributed by atoms with van der Waals surface area (Å²) in [6.07, 6.45) is 6.50. The number of nitrogens with zero attached hydrogens (tertiary/aromatic N) is 4. The first-order valence-corrected chi connectivity index (χ1v) is 7.85. The van der Waals surface area contributed by atoms with Gasteiger partial charge in [0.05, 0.1) is 12.6 Å². The lowest BCUT2D eigenvalue weighted by Crippen LogP contribution is -2.48. The molecule has 1 amide bonds. The first-order chi connectivity index (χ1) is 10.1. The van der Waals surface area contributed by atoms with E-state index < -0.39 is 0 Å². The fraction of sp³-hybridized carbons (Fsp3) is 0.667. The van der Waals surface area contributed by atoms with Gasteiger partial charge in [0, 0.05) is 7.05 Å². The number of anilines is 1.